The summed E-state index contributed by atoms with van der Waals surface area (Å²) >= 11 is 6.94. The van der Waals surface area contributed by atoms with E-state index in [0.29, 0.717) is 33.0 Å². The van der Waals surface area contributed by atoms with Gasteiger partial charge in [0.15, 0.2) is 5.13 Å². The standard InChI is InChI=1S/C20H19ClN4O3S/c1-12-17(18(26)22-11-13-4-3-5-16(10-13)28-2)29-20(23-12)25-19(27)24-15-8-6-14(21)7-9-15/h3-10H,11H2,1-2H3,(H,22,26)(H2,23,24,25,27). The van der Waals surface area contributed by atoms with E-state index < -0.39 is 6.03 Å². The first kappa shape index (κ1) is 20.6. The minimum absolute atomic E-state index is 0.256. The van der Waals surface area contributed by atoms with Crippen LogP contribution in [0.4, 0.5) is 15.6 Å². The SMILES string of the molecule is COc1cccc(CNC(=O)c2sc(NC(=O)Nc3ccc(Cl)cc3)nc2C)c1. The predicted molar refractivity (Wildman–Crippen MR) is 115 cm³/mol. The van der Waals surface area contributed by atoms with Crippen molar-refractivity contribution < 1.29 is 14.3 Å². The number of urea groups is 1. The number of carbonyl (C=O) groups is 2. The number of carbonyl (C=O) groups excluding carboxylic acids is 2. The van der Waals surface area contributed by atoms with Crippen molar-refractivity contribution in [2.75, 3.05) is 17.7 Å². The normalized spacial score (nSPS) is 10.3. The molecule has 7 nitrogen and oxygen atoms in total. The average Bonchev–Trinajstić information content (AvgIpc) is 3.08. The Bertz CT molecular complexity index is 1020. The van der Waals surface area contributed by atoms with Gasteiger partial charge in [-0.2, -0.15) is 0 Å². The van der Waals surface area contributed by atoms with Crippen molar-refractivity contribution in [1.82, 2.24) is 10.3 Å². The third kappa shape index (κ3) is 5.69. The Labute approximate surface area is 177 Å². The number of ether oxygens (including phenoxy) is 1. The molecule has 0 fully saturated rings. The molecule has 0 saturated carbocycles. The monoisotopic (exact) mass is 430 g/mol. The third-order valence-electron chi connectivity index (χ3n) is 3.91. The summed E-state index contributed by atoms with van der Waals surface area (Å²) in [7, 11) is 1.59. The molecule has 9 heteroatoms. The van der Waals surface area contributed by atoms with Crippen LogP contribution in [0.25, 0.3) is 0 Å². The van der Waals surface area contributed by atoms with Gasteiger partial charge in [0.25, 0.3) is 5.91 Å². The Morgan fingerprint density at radius 3 is 2.62 bits per heavy atom. The number of halogens is 1. The average molecular weight is 431 g/mol. The summed E-state index contributed by atoms with van der Waals surface area (Å²) in [6.45, 7) is 2.08. The topological polar surface area (TPSA) is 92.4 Å². The minimum Gasteiger partial charge on any atom is -0.497 e. The number of nitrogens with one attached hydrogen (secondary N) is 3. The molecule has 0 saturated heterocycles. The number of aryl methyl sites for hydroxylation is 1. The summed E-state index contributed by atoms with van der Waals surface area (Å²) in [5, 5.41) is 9.08. The van der Waals surface area contributed by atoms with E-state index in [0.717, 1.165) is 22.6 Å². The van der Waals surface area contributed by atoms with E-state index in [1.54, 1.807) is 38.3 Å². The van der Waals surface area contributed by atoms with E-state index in [2.05, 4.69) is 20.9 Å². The highest BCUT2D eigenvalue weighted by Crippen LogP contribution is 2.23. The van der Waals surface area contributed by atoms with Crippen LogP contribution in [-0.2, 0) is 6.54 Å². The van der Waals surface area contributed by atoms with Gasteiger partial charge in [-0.1, -0.05) is 35.1 Å². The van der Waals surface area contributed by atoms with E-state index in [1.807, 2.05) is 24.3 Å². The van der Waals surface area contributed by atoms with Crippen LogP contribution >= 0.6 is 22.9 Å². The molecule has 0 bridgehead atoms. The quantitative estimate of drug-likeness (QED) is 0.529. The molecule has 3 N–H and O–H groups in total. The molecule has 3 amide bonds. The number of hydrogen-bond donors (Lipinski definition) is 3. The highest BCUT2D eigenvalue weighted by Gasteiger charge is 2.16. The van der Waals surface area contributed by atoms with E-state index >= 15 is 0 Å². The van der Waals surface area contributed by atoms with Crippen LogP contribution in [0.15, 0.2) is 48.5 Å². The van der Waals surface area contributed by atoms with Gasteiger partial charge < -0.3 is 15.4 Å². The molecule has 0 unspecified atom stereocenters. The lowest BCUT2D eigenvalue weighted by Crippen LogP contribution is -2.22. The second-order valence-corrected chi connectivity index (χ2v) is 7.49. The molecule has 0 radical (unpaired) electrons. The summed E-state index contributed by atoms with van der Waals surface area (Å²) in [6, 6.07) is 13.7. The van der Waals surface area contributed by atoms with E-state index in [-0.39, 0.29) is 5.91 Å². The zero-order valence-corrected chi connectivity index (χ0v) is 17.4. The van der Waals surface area contributed by atoms with Crippen LogP contribution in [0, 0.1) is 6.92 Å². The molecule has 0 aliphatic carbocycles. The number of anilines is 2. The van der Waals surface area contributed by atoms with Gasteiger partial charge >= 0.3 is 6.03 Å². The number of thiazole rings is 1. The number of amides is 3. The summed E-state index contributed by atoms with van der Waals surface area (Å²) in [5.74, 6) is 0.470. The van der Waals surface area contributed by atoms with Gasteiger partial charge in [-0.05, 0) is 48.9 Å². The molecule has 2 aromatic carbocycles. The zero-order valence-electron chi connectivity index (χ0n) is 15.8. The number of nitrogens with zero attached hydrogens (tertiary/aromatic N) is 1. The summed E-state index contributed by atoms with van der Waals surface area (Å²) in [5.41, 5.74) is 2.05. The summed E-state index contributed by atoms with van der Waals surface area (Å²) < 4.78 is 5.18. The second kappa shape index (κ2) is 9.40. The summed E-state index contributed by atoms with van der Waals surface area (Å²) in [6.07, 6.45) is 0. The lowest BCUT2D eigenvalue weighted by atomic mass is 10.2. The van der Waals surface area contributed by atoms with Crippen molar-refractivity contribution in [3.63, 3.8) is 0 Å². The van der Waals surface area contributed by atoms with Crippen molar-refractivity contribution in [2.45, 2.75) is 13.5 Å². The van der Waals surface area contributed by atoms with Crippen molar-refractivity contribution in [3.05, 3.63) is 69.7 Å². The number of benzene rings is 2. The maximum Gasteiger partial charge on any atom is 0.325 e. The Morgan fingerprint density at radius 1 is 1.14 bits per heavy atom. The fourth-order valence-corrected chi connectivity index (χ4v) is 3.50. The first-order chi connectivity index (χ1) is 13.9. The Kier molecular flexibility index (Phi) is 6.69. The molecule has 3 rings (SSSR count). The van der Waals surface area contributed by atoms with Crippen molar-refractivity contribution in [2.24, 2.45) is 0 Å². The van der Waals surface area contributed by atoms with Gasteiger partial charge in [-0.3, -0.25) is 10.1 Å². The van der Waals surface area contributed by atoms with E-state index in [1.165, 1.54) is 0 Å². The van der Waals surface area contributed by atoms with E-state index in [9.17, 15) is 9.59 Å². The number of hydrogen-bond acceptors (Lipinski definition) is 5. The van der Waals surface area contributed by atoms with Crippen LogP contribution in [0.5, 0.6) is 5.75 Å². The highest BCUT2D eigenvalue weighted by atomic mass is 35.5. The molecule has 29 heavy (non-hydrogen) atoms. The van der Waals surface area contributed by atoms with Gasteiger partial charge in [0.1, 0.15) is 10.6 Å². The first-order valence-corrected chi connectivity index (χ1v) is 9.86. The second-order valence-electron chi connectivity index (χ2n) is 6.05. The fourth-order valence-electron chi connectivity index (χ4n) is 2.50. The maximum absolute atomic E-state index is 12.5. The number of rotatable bonds is 6. The molecule has 0 aliphatic heterocycles. The fraction of sp³-hybridized carbons (Fsp3) is 0.150. The van der Waals surface area contributed by atoms with Gasteiger partial charge in [-0.25, -0.2) is 9.78 Å². The highest BCUT2D eigenvalue weighted by molar-refractivity contribution is 7.17. The molecule has 1 heterocycles. The predicted octanol–water partition coefficient (Wildman–Crippen LogP) is 4.69. The molecule has 150 valence electrons. The van der Waals surface area contributed by atoms with Crippen LogP contribution < -0.4 is 20.7 Å². The molecule has 0 atom stereocenters. The smallest absolute Gasteiger partial charge is 0.325 e. The lowest BCUT2D eigenvalue weighted by Gasteiger charge is -2.06. The van der Waals surface area contributed by atoms with Crippen molar-refractivity contribution in [3.8, 4) is 5.75 Å². The Balaban J connectivity index is 1.59. The first-order valence-electron chi connectivity index (χ1n) is 8.66. The van der Waals surface area contributed by atoms with Gasteiger partial charge in [0.05, 0.1) is 12.8 Å². The summed E-state index contributed by atoms with van der Waals surface area (Å²) in [4.78, 5) is 29.3. The van der Waals surface area contributed by atoms with Crippen LogP contribution in [0.1, 0.15) is 20.9 Å². The minimum atomic E-state index is -0.454. The molecular weight excluding hydrogens is 412 g/mol. The zero-order chi connectivity index (χ0) is 20.8. The molecule has 0 spiro atoms. The molecular formula is C20H19ClN4O3S. The van der Waals surface area contributed by atoms with Gasteiger partial charge in [0, 0.05) is 17.3 Å². The van der Waals surface area contributed by atoms with Gasteiger partial charge in [0.2, 0.25) is 0 Å². The van der Waals surface area contributed by atoms with Crippen molar-refractivity contribution >= 4 is 45.7 Å². The number of methoxy groups -OCH3 is 1. The molecule has 0 aliphatic rings. The van der Waals surface area contributed by atoms with Crippen LogP contribution in [0.3, 0.4) is 0 Å². The molecule has 1 aromatic heterocycles. The largest absolute Gasteiger partial charge is 0.497 e. The van der Waals surface area contributed by atoms with Crippen LogP contribution in [0.2, 0.25) is 5.02 Å². The maximum atomic E-state index is 12.5. The Hall–Kier alpha value is -3.10. The third-order valence-corrected chi connectivity index (χ3v) is 5.24. The lowest BCUT2D eigenvalue weighted by molar-refractivity contribution is 0.0954. The molecule has 3 aromatic rings. The van der Waals surface area contributed by atoms with E-state index in [4.69, 9.17) is 16.3 Å². The van der Waals surface area contributed by atoms with Crippen molar-refractivity contribution in [1.29, 1.82) is 0 Å². The number of aromatic nitrogens is 1. The Morgan fingerprint density at radius 2 is 1.90 bits per heavy atom. The van der Waals surface area contributed by atoms with Gasteiger partial charge in [-0.15, -0.1) is 0 Å². The van der Waals surface area contributed by atoms with Crippen LogP contribution in [-0.4, -0.2) is 24.0 Å².